The maximum Gasteiger partial charge on any atom is 0.168 e. The van der Waals surface area contributed by atoms with E-state index in [9.17, 15) is 0 Å². The monoisotopic (exact) mass is 254 g/mol. The van der Waals surface area contributed by atoms with E-state index in [4.69, 9.17) is 9.47 Å². The zero-order chi connectivity index (χ0) is 12.4. The number of hydrogen-bond acceptors (Lipinski definition) is 4. The highest BCUT2D eigenvalue weighted by atomic mass is 16.7. The van der Waals surface area contributed by atoms with Crippen molar-refractivity contribution in [3.63, 3.8) is 0 Å². The van der Waals surface area contributed by atoms with Crippen LogP contribution in [0.2, 0.25) is 0 Å². The summed E-state index contributed by atoms with van der Waals surface area (Å²) in [5, 5.41) is 3.40. The van der Waals surface area contributed by atoms with E-state index < -0.39 is 0 Å². The smallest absolute Gasteiger partial charge is 0.168 e. The minimum atomic E-state index is -0.202. The summed E-state index contributed by atoms with van der Waals surface area (Å²) in [6.45, 7) is 7.45. The molecule has 1 aliphatic carbocycles. The molecule has 3 aliphatic rings. The van der Waals surface area contributed by atoms with E-state index >= 15 is 0 Å². The first-order valence-corrected chi connectivity index (χ1v) is 7.57. The first-order valence-electron chi connectivity index (χ1n) is 7.57. The van der Waals surface area contributed by atoms with Crippen molar-refractivity contribution in [2.75, 3.05) is 32.8 Å². The first kappa shape index (κ1) is 12.9. The van der Waals surface area contributed by atoms with Gasteiger partial charge in [0.15, 0.2) is 5.79 Å². The van der Waals surface area contributed by atoms with Crippen molar-refractivity contribution < 1.29 is 9.47 Å². The van der Waals surface area contributed by atoms with Crippen molar-refractivity contribution in [1.29, 1.82) is 0 Å². The Morgan fingerprint density at radius 3 is 2.28 bits per heavy atom. The highest BCUT2D eigenvalue weighted by molar-refractivity contribution is 4.92. The third-order valence-electron chi connectivity index (χ3n) is 4.71. The molecule has 0 aromatic heterocycles. The molecule has 0 radical (unpaired) electrons. The van der Waals surface area contributed by atoms with Crippen LogP contribution in [0.3, 0.4) is 0 Å². The predicted octanol–water partition coefficient (Wildman–Crippen LogP) is 1.36. The maximum atomic E-state index is 5.82. The second-order valence-electron chi connectivity index (χ2n) is 5.89. The van der Waals surface area contributed by atoms with Crippen molar-refractivity contribution in [3.05, 3.63) is 0 Å². The Morgan fingerprint density at radius 2 is 1.78 bits per heavy atom. The second-order valence-corrected chi connectivity index (χ2v) is 5.89. The fraction of sp³-hybridized carbons (Fsp3) is 1.00. The SMILES string of the molecule is CCCN(C1CCC2(CC1)OCCO2)C1CNC1. The van der Waals surface area contributed by atoms with Crippen LogP contribution in [-0.4, -0.2) is 55.6 Å². The molecular formula is C14H26N2O2. The third-order valence-corrected chi connectivity index (χ3v) is 4.71. The summed E-state index contributed by atoms with van der Waals surface area (Å²) in [6, 6.07) is 1.52. The van der Waals surface area contributed by atoms with Gasteiger partial charge in [-0.1, -0.05) is 6.92 Å². The molecule has 1 N–H and O–H groups in total. The molecule has 2 aliphatic heterocycles. The van der Waals surface area contributed by atoms with Crippen LogP contribution in [0.25, 0.3) is 0 Å². The lowest BCUT2D eigenvalue weighted by Gasteiger charge is -2.46. The molecule has 0 unspecified atom stereocenters. The summed E-state index contributed by atoms with van der Waals surface area (Å²) in [7, 11) is 0. The van der Waals surface area contributed by atoms with E-state index in [-0.39, 0.29) is 5.79 Å². The molecule has 1 saturated carbocycles. The van der Waals surface area contributed by atoms with E-state index in [1.165, 1.54) is 38.9 Å². The zero-order valence-electron chi connectivity index (χ0n) is 11.5. The Kier molecular flexibility index (Phi) is 3.89. The fourth-order valence-electron chi connectivity index (χ4n) is 3.59. The van der Waals surface area contributed by atoms with E-state index in [1.807, 2.05) is 0 Å². The minimum absolute atomic E-state index is 0.202. The number of rotatable bonds is 4. The Hall–Kier alpha value is -0.160. The van der Waals surface area contributed by atoms with Crippen LogP contribution in [0.15, 0.2) is 0 Å². The van der Waals surface area contributed by atoms with Gasteiger partial charge in [-0.3, -0.25) is 4.90 Å². The number of ether oxygens (including phenoxy) is 2. The molecule has 2 saturated heterocycles. The van der Waals surface area contributed by atoms with Crippen LogP contribution in [0.1, 0.15) is 39.0 Å². The van der Waals surface area contributed by atoms with Gasteiger partial charge >= 0.3 is 0 Å². The Labute approximate surface area is 110 Å². The second kappa shape index (κ2) is 5.45. The first-order chi connectivity index (χ1) is 8.83. The van der Waals surface area contributed by atoms with Gasteiger partial charge in [0.1, 0.15) is 0 Å². The largest absolute Gasteiger partial charge is 0.348 e. The van der Waals surface area contributed by atoms with Gasteiger partial charge in [0.25, 0.3) is 0 Å². The topological polar surface area (TPSA) is 33.7 Å². The summed E-state index contributed by atoms with van der Waals surface area (Å²) in [5.41, 5.74) is 0. The summed E-state index contributed by atoms with van der Waals surface area (Å²) in [6.07, 6.45) is 5.88. The van der Waals surface area contributed by atoms with E-state index in [0.717, 1.165) is 38.1 Å². The van der Waals surface area contributed by atoms with Crippen molar-refractivity contribution in [1.82, 2.24) is 10.2 Å². The minimum Gasteiger partial charge on any atom is -0.348 e. The molecule has 18 heavy (non-hydrogen) atoms. The summed E-state index contributed by atoms with van der Waals surface area (Å²) in [4.78, 5) is 2.73. The van der Waals surface area contributed by atoms with Crippen molar-refractivity contribution in [2.24, 2.45) is 0 Å². The Bertz CT molecular complexity index is 265. The van der Waals surface area contributed by atoms with Gasteiger partial charge in [-0.15, -0.1) is 0 Å². The fourth-order valence-corrected chi connectivity index (χ4v) is 3.59. The maximum absolute atomic E-state index is 5.82. The summed E-state index contributed by atoms with van der Waals surface area (Å²) >= 11 is 0. The molecule has 4 heteroatoms. The quantitative estimate of drug-likeness (QED) is 0.821. The molecule has 0 bridgehead atoms. The number of nitrogens with zero attached hydrogens (tertiary/aromatic N) is 1. The molecule has 0 amide bonds. The molecule has 4 nitrogen and oxygen atoms in total. The molecule has 2 heterocycles. The number of nitrogens with one attached hydrogen (secondary N) is 1. The van der Waals surface area contributed by atoms with Crippen molar-refractivity contribution >= 4 is 0 Å². The standard InChI is InChI=1S/C14H26N2O2/c1-2-7-16(13-10-15-11-13)12-3-5-14(6-4-12)17-8-9-18-14/h12-13,15H,2-11H2,1H3. The highest BCUT2D eigenvalue weighted by Gasteiger charge is 2.42. The predicted molar refractivity (Wildman–Crippen MR) is 70.5 cm³/mol. The summed E-state index contributed by atoms with van der Waals surface area (Å²) in [5.74, 6) is -0.202. The molecular weight excluding hydrogens is 228 g/mol. The van der Waals surface area contributed by atoms with Crippen LogP contribution in [0, 0.1) is 0 Å². The average Bonchev–Trinajstić information content (AvgIpc) is 2.76. The molecule has 0 atom stereocenters. The normalized spacial score (nSPS) is 29.0. The van der Waals surface area contributed by atoms with Gasteiger partial charge < -0.3 is 14.8 Å². The lowest BCUT2D eigenvalue weighted by Crippen LogP contribution is -2.61. The van der Waals surface area contributed by atoms with Crippen LogP contribution in [-0.2, 0) is 9.47 Å². The van der Waals surface area contributed by atoms with Gasteiger partial charge in [-0.2, -0.15) is 0 Å². The molecule has 0 aromatic carbocycles. The van der Waals surface area contributed by atoms with E-state index in [1.54, 1.807) is 0 Å². The van der Waals surface area contributed by atoms with Crippen LogP contribution >= 0.6 is 0 Å². The van der Waals surface area contributed by atoms with E-state index in [2.05, 4.69) is 17.1 Å². The van der Waals surface area contributed by atoms with Crippen molar-refractivity contribution in [3.8, 4) is 0 Å². The third kappa shape index (κ3) is 2.44. The lowest BCUT2D eigenvalue weighted by molar-refractivity contribution is -0.185. The molecule has 0 aromatic rings. The molecule has 3 rings (SSSR count). The number of hydrogen-bond donors (Lipinski definition) is 1. The molecule has 104 valence electrons. The molecule has 3 fully saturated rings. The van der Waals surface area contributed by atoms with Gasteiger partial charge in [-0.25, -0.2) is 0 Å². The molecule has 1 spiro atoms. The van der Waals surface area contributed by atoms with Crippen molar-refractivity contribution in [2.45, 2.75) is 56.9 Å². The van der Waals surface area contributed by atoms with Gasteiger partial charge in [0.2, 0.25) is 0 Å². The van der Waals surface area contributed by atoms with Gasteiger partial charge in [0.05, 0.1) is 13.2 Å². The highest BCUT2D eigenvalue weighted by Crippen LogP contribution is 2.38. The van der Waals surface area contributed by atoms with Gasteiger partial charge in [-0.05, 0) is 25.8 Å². The van der Waals surface area contributed by atoms with E-state index in [0.29, 0.717) is 0 Å². The van der Waals surface area contributed by atoms with Gasteiger partial charge in [0, 0.05) is 38.0 Å². The average molecular weight is 254 g/mol. The van der Waals surface area contributed by atoms with Crippen LogP contribution in [0.4, 0.5) is 0 Å². The lowest BCUT2D eigenvalue weighted by atomic mass is 9.87. The Morgan fingerprint density at radius 1 is 1.11 bits per heavy atom. The Balaban J connectivity index is 1.56. The van der Waals surface area contributed by atoms with Crippen LogP contribution in [0.5, 0.6) is 0 Å². The summed E-state index contributed by atoms with van der Waals surface area (Å²) < 4.78 is 11.6. The van der Waals surface area contributed by atoms with Crippen LogP contribution < -0.4 is 5.32 Å². The zero-order valence-corrected chi connectivity index (χ0v) is 11.5.